The Hall–Kier alpha value is -6.36. The number of nitrogens with zero attached hydrogens (tertiary/aromatic N) is 20. The smallest absolute Gasteiger partial charge is 0.410 e. The molecule has 8 heterocycles. The number of piperazine rings is 4. The molecule has 0 radical (unpaired) electrons. The third-order valence-electron chi connectivity index (χ3n) is 11.6. The number of halogens is 1. The summed E-state index contributed by atoms with van der Waals surface area (Å²) in [5, 5.41) is 25.0. The van der Waals surface area contributed by atoms with Gasteiger partial charge in [-0.3, -0.25) is 0 Å². The van der Waals surface area contributed by atoms with E-state index in [1.165, 1.54) is 12.7 Å². The topological polar surface area (TPSA) is 290 Å². The summed E-state index contributed by atoms with van der Waals surface area (Å²) in [6.45, 7) is 16.8. The summed E-state index contributed by atoms with van der Waals surface area (Å²) in [6.07, 6.45) is 2.66. The van der Waals surface area contributed by atoms with E-state index in [1.807, 2.05) is 25.7 Å². The maximum absolute atomic E-state index is 12.7. The summed E-state index contributed by atoms with van der Waals surface area (Å²) in [6, 6.07) is 0. The number of aromatic nitrogens is 12. The zero-order valence-electron chi connectivity index (χ0n) is 40.0. The van der Waals surface area contributed by atoms with Crippen molar-refractivity contribution in [2.45, 2.75) is 26.4 Å². The molecule has 4 N–H and O–H groups in total. The van der Waals surface area contributed by atoms with Crippen LogP contribution >= 0.6 is 11.6 Å². The van der Waals surface area contributed by atoms with Gasteiger partial charge in [-0.1, -0.05) is 0 Å². The first-order valence-electron chi connectivity index (χ1n) is 23.6. The lowest BCUT2D eigenvalue weighted by Crippen LogP contribution is -2.51. The maximum atomic E-state index is 12.7. The highest BCUT2D eigenvalue weighted by Crippen LogP contribution is 2.25. The molecule has 4 aliphatic heterocycles. The number of rotatable bonds is 19. The Morgan fingerprint density at radius 1 is 0.514 bits per heavy atom. The Morgan fingerprint density at radius 3 is 1.19 bits per heavy atom. The van der Waals surface area contributed by atoms with Gasteiger partial charge >= 0.3 is 6.09 Å². The molecule has 28 nitrogen and oxygen atoms in total. The molecule has 4 aromatic heterocycles. The largest absolute Gasteiger partial charge is 0.444 e. The molecule has 0 aromatic carbocycles. The summed E-state index contributed by atoms with van der Waals surface area (Å²) in [7, 11) is 0. The van der Waals surface area contributed by atoms with Crippen LogP contribution in [0.3, 0.4) is 0 Å². The summed E-state index contributed by atoms with van der Waals surface area (Å²) < 4.78 is 16.5. The van der Waals surface area contributed by atoms with E-state index in [0.717, 1.165) is 0 Å². The van der Waals surface area contributed by atoms with Crippen molar-refractivity contribution < 1.29 is 29.2 Å². The normalized spacial score (nSPS) is 17.1. The number of carbonyl (C=O) groups is 1. The standard InChI is InChI=1S/C41H63ClN22O6/c1-41(2,3)70-40(67)64-20-18-59(19-21-64)35-49-30(42)48-34(54-35)58-10-12-61(13-11-58)37-51-32(45-5-25-69-27-23-66)53-39(56-37)63-16-14-62(15-17-63)38-52-31(44-4-24-68-26-22-65)50-36(55-38)60-8-6-57(7-9-60)33-46-28-43-29-47-33/h28-29,65-66H,4-27H2,1-3H3,(H,44,50,52,55)(H,45,51,53,56). The summed E-state index contributed by atoms with van der Waals surface area (Å²) in [4.78, 5) is 84.7. The van der Waals surface area contributed by atoms with Crippen LogP contribution in [0.15, 0.2) is 12.7 Å². The van der Waals surface area contributed by atoms with Crippen molar-refractivity contribution in [1.82, 2.24) is 64.7 Å². The van der Waals surface area contributed by atoms with Crippen LogP contribution in [0, 0.1) is 0 Å². The van der Waals surface area contributed by atoms with Crippen LogP contribution in [0.25, 0.3) is 0 Å². The van der Waals surface area contributed by atoms with E-state index >= 15 is 0 Å². The first-order chi connectivity index (χ1) is 34.0. The number of hydrogen-bond acceptors (Lipinski definition) is 27. The minimum atomic E-state index is -0.573. The van der Waals surface area contributed by atoms with E-state index in [1.54, 1.807) is 4.90 Å². The number of nitrogens with one attached hydrogen (secondary N) is 2. The van der Waals surface area contributed by atoms with Crippen LogP contribution in [0.4, 0.5) is 58.3 Å². The number of carbonyl (C=O) groups excluding carboxylic acids is 1. The molecule has 380 valence electrons. The maximum Gasteiger partial charge on any atom is 0.410 e. The molecule has 4 fully saturated rings. The molecule has 70 heavy (non-hydrogen) atoms. The van der Waals surface area contributed by atoms with Gasteiger partial charge in [-0.15, -0.1) is 0 Å². The molecule has 1 amide bonds. The molecule has 0 aliphatic carbocycles. The van der Waals surface area contributed by atoms with Gasteiger partial charge in [-0.05, 0) is 32.4 Å². The Morgan fingerprint density at radius 2 is 0.843 bits per heavy atom. The minimum absolute atomic E-state index is 0.0505. The summed E-state index contributed by atoms with van der Waals surface area (Å²) in [5.41, 5.74) is -0.573. The fourth-order valence-corrected chi connectivity index (χ4v) is 8.13. The van der Waals surface area contributed by atoms with Crippen molar-refractivity contribution in [2.75, 3.05) is 202 Å². The van der Waals surface area contributed by atoms with Gasteiger partial charge in [-0.2, -0.15) is 44.9 Å². The summed E-state index contributed by atoms with van der Waals surface area (Å²) in [5.74, 6) is 4.60. The van der Waals surface area contributed by atoms with Crippen LogP contribution in [-0.2, 0) is 14.2 Å². The highest BCUT2D eigenvalue weighted by atomic mass is 35.5. The molecule has 4 aromatic rings. The fourth-order valence-electron chi connectivity index (χ4n) is 7.98. The van der Waals surface area contributed by atoms with Gasteiger partial charge in [0.1, 0.15) is 18.3 Å². The van der Waals surface area contributed by atoms with Crippen molar-refractivity contribution in [1.29, 1.82) is 0 Å². The van der Waals surface area contributed by atoms with Crippen LogP contribution in [0.5, 0.6) is 0 Å². The molecule has 0 bridgehead atoms. The Bertz CT molecular complexity index is 2280. The molecule has 8 rings (SSSR count). The molecule has 4 aliphatic rings. The lowest BCUT2D eigenvalue weighted by atomic mass is 10.2. The van der Waals surface area contributed by atoms with Gasteiger partial charge in [0.05, 0.1) is 39.6 Å². The average Bonchev–Trinajstić information content (AvgIpc) is 3.38. The zero-order chi connectivity index (χ0) is 48.9. The number of ether oxygens (including phenoxy) is 3. The van der Waals surface area contributed by atoms with Gasteiger partial charge in [0, 0.05) is 118 Å². The molecule has 0 saturated carbocycles. The SMILES string of the molecule is CC(C)(C)OC(=O)N1CCN(c2nc(Cl)nc(N3CCN(c4nc(NCCOCCO)nc(N5CCN(c6nc(NCCOCCO)nc(N7CCN(c8ncncn8)CC7)n6)CC5)n4)CC3)n2)CC1. The molecule has 0 spiro atoms. The molecule has 4 saturated heterocycles. The average molecular weight is 996 g/mol. The van der Waals surface area contributed by atoms with Crippen molar-refractivity contribution in [2.24, 2.45) is 0 Å². The monoisotopic (exact) mass is 994 g/mol. The van der Waals surface area contributed by atoms with E-state index in [2.05, 4.69) is 65.0 Å². The van der Waals surface area contributed by atoms with Crippen molar-refractivity contribution in [3.05, 3.63) is 17.9 Å². The van der Waals surface area contributed by atoms with Crippen LogP contribution in [-0.4, -0.2) is 244 Å². The quantitative estimate of drug-likeness (QED) is 0.0816. The highest BCUT2D eigenvalue weighted by Gasteiger charge is 2.31. The fraction of sp³-hybridized carbons (Fsp3) is 0.683. The van der Waals surface area contributed by atoms with Gasteiger partial charge in [0.25, 0.3) is 0 Å². The zero-order valence-corrected chi connectivity index (χ0v) is 40.7. The molecular weight excluding hydrogens is 932 g/mol. The number of aliphatic hydroxyl groups is 2. The lowest BCUT2D eigenvalue weighted by Gasteiger charge is -2.37. The van der Waals surface area contributed by atoms with Gasteiger partial charge < -0.3 is 74.3 Å². The minimum Gasteiger partial charge on any atom is -0.444 e. The van der Waals surface area contributed by atoms with Crippen molar-refractivity contribution in [3.63, 3.8) is 0 Å². The lowest BCUT2D eigenvalue weighted by molar-refractivity contribution is 0.0240. The molecule has 29 heteroatoms. The van der Waals surface area contributed by atoms with Crippen molar-refractivity contribution in [3.8, 4) is 0 Å². The third-order valence-corrected chi connectivity index (χ3v) is 11.7. The predicted octanol–water partition coefficient (Wildman–Crippen LogP) is -1.04. The number of amides is 1. The molecule has 0 atom stereocenters. The Labute approximate surface area is 410 Å². The van der Waals surface area contributed by atoms with Gasteiger partial charge in [0.15, 0.2) is 0 Å². The second-order valence-corrected chi connectivity index (χ2v) is 17.9. The third kappa shape index (κ3) is 13.7. The highest BCUT2D eigenvalue weighted by molar-refractivity contribution is 6.28. The predicted molar refractivity (Wildman–Crippen MR) is 260 cm³/mol. The van der Waals surface area contributed by atoms with Crippen LogP contribution in [0.2, 0.25) is 5.28 Å². The Kier molecular flexibility index (Phi) is 17.1. The second-order valence-electron chi connectivity index (χ2n) is 17.6. The van der Waals surface area contributed by atoms with E-state index in [0.29, 0.717) is 185 Å². The van der Waals surface area contributed by atoms with Crippen molar-refractivity contribution >= 4 is 71.2 Å². The van der Waals surface area contributed by atoms with E-state index in [9.17, 15) is 9.90 Å². The van der Waals surface area contributed by atoms with Gasteiger partial charge in [0.2, 0.25) is 58.8 Å². The second kappa shape index (κ2) is 24.0. The van der Waals surface area contributed by atoms with Crippen LogP contribution < -0.4 is 44.9 Å². The molecular formula is C41H63ClN22O6. The van der Waals surface area contributed by atoms with E-state index < -0.39 is 5.60 Å². The van der Waals surface area contributed by atoms with Gasteiger partial charge in [-0.25, -0.2) is 19.7 Å². The van der Waals surface area contributed by atoms with E-state index in [-0.39, 0.29) is 37.8 Å². The van der Waals surface area contributed by atoms with Crippen LogP contribution in [0.1, 0.15) is 20.8 Å². The Balaban J connectivity index is 0.921. The number of hydrogen-bond donors (Lipinski definition) is 4. The molecule has 0 unspecified atom stereocenters. The first kappa shape index (κ1) is 50.0. The summed E-state index contributed by atoms with van der Waals surface area (Å²) >= 11 is 6.48. The number of aliphatic hydroxyl groups excluding tert-OH is 2. The number of anilines is 9. The first-order valence-corrected chi connectivity index (χ1v) is 24.0. The van der Waals surface area contributed by atoms with E-state index in [4.69, 9.17) is 65.8 Å².